The van der Waals surface area contributed by atoms with Gasteiger partial charge in [0, 0.05) is 43.6 Å². The predicted molar refractivity (Wildman–Crippen MR) is 151 cm³/mol. The van der Waals surface area contributed by atoms with E-state index in [9.17, 15) is 9.90 Å². The first kappa shape index (κ1) is 26.6. The maximum atomic E-state index is 13.7. The van der Waals surface area contributed by atoms with E-state index in [-0.39, 0.29) is 17.7 Å². The van der Waals surface area contributed by atoms with E-state index in [1.54, 1.807) is 26.5 Å². The van der Waals surface area contributed by atoms with Gasteiger partial charge in [-0.25, -0.2) is 9.97 Å². The molecule has 0 atom stereocenters. The van der Waals surface area contributed by atoms with Crippen molar-refractivity contribution in [3.05, 3.63) is 60.3 Å². The highest BCUT2D eigenvalue weighted by molar-refractivity contribution is 5.98. The summed E-state index contributed by atoms with van der Waals surface area (Å²) in [4.78, 5) is 30.4. The Hall–Kier alpha value is -3.95. The van der Waals surface area contributed by atoms with Crippen molar-refractivity contribution in [1.29, 1.82) is 0 Å². The predicted octanol–water partition coefficient (Wildman–Crippen LogP) is 4.58. The van der Waals surface area contributed by atoms with Gasteiger partial charge in [0.1, 0.15) is 11.6 Å². The molecule has 0 unspecified atom stereocenters. The number of benzene rings is 2. The first-order valence-electron chi connectivity index (χ1n) is 13.3. The highest BCUT2D eigenvalue weighted by Gasteiger charge is 2.28. The van der Waals surface area contributed by atoms with Gasteiger partial charge in [0.25, 0.3) is 5.91 Å². The average molecular weight is 530 g/mol. The number of nitrogens with one attached hydrogen (secondary N) is 1. The summed E-state index contributed by atoms with van der Waals surface area (Å²) in [6.45, 7) is 3.24. The Morgan fingerprint density at radius 2 is 1.95 bits per heavy atom. The number of fused-ring (bicyclic) bond motifs is 1. The zero-order valence-electron chi connectivity index (χ0n) is 22.7. The number of phenols is 1. The maximum Gasteiger partial charge on any atom is 0.254 e. The molecule has 5 rings (SSSR count). The molecule has 4 aromatic rings. The molecule has 3 heterocycles. The van der Waals surface area contributed by atoms with Gasteiger partial charge in [0.2, 0.25) is 5.88 Å². The van der Waals surface area contributed by atoms with E-state index >= 15 is 0 Å². The molecule has 0 saturated carbocycles. The van der Waals surface area contributed by atoms with Gasteiger partial charge in [0.05, 0.1) is 23.7 Å². The van der Waals surface area contributed by atoms with Crippen LogP contribution in [0.4, 0.5) is 0 Å². The third-order valence-electron chi connectivity index (χ3n) is 7.39. The molecule has 9 heteroatoms. The second kappa shape index (κ2) is 11.8. The molecule has 2 aromatic heterocycles. The lowest BCUT2D eigenvalue weighted by Crippen LogP contribution is -2.47. The van der Waals surface area contributed by atoms with Crippen LogP contribution in [0.5, 0.6) is 11.6 Å². The van der Waals surface area contributed by atoms with Crippen molar-refractivity contribution >= 4 is 16.9 Å². The standard InChI is InChI=1S/C30H35N5O4/c1-34-15-11-22(12-16-34)35(14-5-17-38-2)30(37)21-7-9-25-26(19-21)33-28(32-25)24-18-20(8-10-27(24)36)23-6-4-13-31-29(23)39-3/h4,6-10,13,18-19,22,36H,5,11-12,14-17H2,1-3H3,(H,32,33). The van der Waals surface area contributed by atoms with E-state index in [0.717, 1.165) is 54.5 Å². The van der Waals surface area contributed by atoms with Crippen molar-refractivity contribution in [1.82, 2.24) is 24.8 Å². The highest BCUT2D eigenvalue weighted by Crippen LogP contribution is 2.36. The van der Waals surface area contributed by atoms with Crippen molar-refractivity contribution in [2.45, 2.75) is 25.3 Å². The van der Waals surface area contributed by atoms with Crippen LogP contribution in [0.25, 0.3) is 33.5 Å². The lowest BCUT2D eigenvalue weighted by molar-refractivity contribution is 0.0564. The van der Waals surface area contributed by atoms with Crippen LogP contribution in [-0.2, 0) is 4.74 Å². The number of aromatic hydroxyl groups is 1. The Kier molecular flexibility index (Phi) is 8.09. The minimum atomic E-state index is 0.0206. The third kappa shape index (κ3) is 5.74. The fourth-order valence-electron chi connectivity index (χ4n) is 5.24. The number of likely N-dealkylation sites (tertiary alicyclic amines) is 1. The van der Waals surface area contributed by atoms with Crippen LogP contribution in [0.3, 0.4) is 0 Å². The second-order valence-electron chi connectivity index (χ2n) is 9.99. The number of hydrogen-bond donors (Lipinski definition) is 2. The van der Waals surface area contributed by atoms with Gasteiger partial charge >= 0.3 is 0 Å². The van der Waals surface area contributed by atoms with Gasteiger partial charge in [-0.05, 0) is 87.4 Å². The molecule has 2 N–H and O–H groups in total. The van der Waals surface area contributed by atoms with Crippen LogP contribution in [-0.4, -0.2) is 89.3 Å². The SMILES string of the molecule is COCCCN(C(=O)c1ccc2nc(-c3cc(-c4cccnc4OC)ccc3O)[nH]c2c1)C1CCN(C)CC1. The summed E-state index contributed by atoms with van der Waals surface area (Å²) < 4.78 is 10.7. The van der Waals surface area contributed by atoms with Gasteiger partial charge in [-0.15, -0.1) is 0 Å². The van der Waals surface area contributed by atoms with E-state index < -0.39 is 0 Å². The zero-order valence-corrected chi connectivity index (χ0v) is 22.7. The number of piperidine rings is 1. The molecular weight excluding hydrogens is 494 g/mol. The van der Waals surface area contributed by atoms with Crippen LogP contribution in [0.1, 0.15) is 29.6 Å². The zero-order chi connectivity index (χ0) is 27.4. The summed E-state index contributed by atoms with van der Waals surface area (Å²) in [6, 6.07) is 14.8. The molecule has 1 saturated heterocycles. The Morgan fingerprint density at radius 3 is 2.72 bits per heavy atom. The number of phenolic OH excluding ortho intramolecular Hbond substituents is 1. The molecule has 9 nitrogen and oxygen atoms in total. The summed E-state index contributed by atoms with van der Waals surface area (Å²) in [7, 11) is 5.39. The summed E-state index contributed by atoms with van der Waals surface area (Å²) in [5.74, 6) is 1.14. The largest absolute Gasteiger partial charge is 0.507 e. The number of aromatic nitrogens is 3. The number of aromatic amines is 1. The lowest BCUT2D eigenvalue weighted by Gasteiger charge is -2.37. The van der Waals surface area contributed by atoms with Crippen LogP contribution in [0.15, 0.2) is 54.7 Å². The third-order valence-corrected chi connectivity index (χ3v) is 7.39. The number of carbonyl (C=O) groups excluding carboxylic acids is 1. The number of ether oxygens (including phenoxy) is 2. The number of H-pyrrole nitrogens is 1. The van der Waals surface area contributed by atoms with Crippen LogP contribution < -0.4 is 4.74 Å². The van der Waals surface area contributed by atoms with E-state index in [0.29, 0.717) is 36.0 Å². The topological polar surface area (TPSA) is 104 Å². The summed E-state index contributed by atoms with van der Waals surface area (Å²) in [5, 5.41) is 10.7. The first-order valence-corrected chi connectivity index (χ1v) is 13.3. The smallest absolute Gasteiger partial charge is 0.254 e. The molecule has 1 amide bonds. The average Bonchev–Trinajstić information content (AvgIpc) is 3.39. The van der Waals surface area contributed by atoms with Crippen molar-refractivity contribution < 1.29 is 19.4 Å². The number of hydrogen-bond acceptors (Lipinski definition) is 7. The summed E-state index contributed by atoms with van der Waals surface area (Å²) >= 11 is 0. The van der Waals surface area contributed by atoms with Crippen molar-refractivity contribution in [3.63, 3.8) is 0 Å². The van der Waals surface area contributed by atoms with Gasteiger partial charge < -0.3 is 29.4 Å². The number of imidazole rings is 1. The maximum absolute atomic E-state index is 13.7. The van der Waals surface area contributed by atoms with E-state index in [2.05, 4.69) is 21.9 Å². The minimum absolute atomic E-state index is 0.0206. The monoisotopic (exact) mass is 529 g/mol. The van der Waals surface area contributed by atoms with Crippen LogP contribution in [0.2, 0.25) is 0 Å². The molecule has 1 aliphatic rings. The number of amides is 1. The quantitative estimate of drug-likeness (QED) is 0.306. The molecule has 2 aromatic carbocycles. The first-order chi connectivity index (χ1) is 19.0. The summed E-state index contributed by atoms with van der Waals surface area (Å²) in [5.41, 5.74) is 4.28. The molecule has 0 spiro atoms. The van der Waals surface area contributed by atoms with E-state index in [1.807, 2.05) is 47.4 Å². The number of carbonyl (C=O) groups is 1. The Balaban J connectivity index is 1.45. The molecule has 0 bridgehead atoms. The second-order valence-corrected chi connectivity index (χ2v) is 9.99. The summed E-state index contributed by atoms with van der Waals surface area (Å²) in [6.07, 6.45) is 4.39. The molecule has 1 aliphatic heterocycles. The Labute approximate surface area is 228 Å². The molecule has 39 heavy (non-hydrogen) atoms. The fraction of sp³-hybridized carbons (Fsp3) is 0.367. The number of pyridine rings is 1. The van der Waals surface area contributed by atoms with Gasteiger partial charge in [-0.2, -0.15) is 0 Å². The normalized spacial score (nSPS) is 14.5. The van der Waals surface area contributed by atoms with E-state index in [1.165, 1.54) is 0 Å². The van der Waals surface area contributed by atoms with Crippen molar-refractivity contribution in [2.24, 2.45) is 0 Å². The van der Waals surface area contributed by atoms with Crippen molar-refractivity contribution in [2.75, 3.05) is 47.5 Å². The molecule has 0 aliphatic carbocycles. The van der Waals surface area contributed by atoms with Crippen LogP contribution in [0, 0.1) is 0 Å². The lowest BCUT2D eigenvalue weighted by atomic mass is 10.0. The van der Waals surface area contributed by atoms with Gasteiger partial charge in [-0.3, -0.25) is 4.79 Å². The molecular formula is C30H35N5O4. The Bertz CT molecular complexity index is 1440. The van der Waals surface area contributed by atoms with Gasteiger partial charge in [-0.1, -0.05) is 6.07 Å². The Morgan fingerprint density at radius 1 is 1.13 bits per heavy atom. The van der Waals surface area contributed by atoms with E-state index in [4.69, 9.17) is 14.5 Å². The molecule has 204 valence electrons. The van der Waals surface area contributed by atoms with Gasteiger partial charge in [0.15, 0.2) is 0 Å². The molecule has 0 radical (unpaired) electrons. The number of methoxy groups -OCH3 is 2. The number of nitrogens with zero attached hydrogens (tertiary/aromatic N) is 4. The van der Waals surface area contributed by atoms with Crippen molar-refractivity contribution in [3.8, 4) is 34.1 Å². The fourth-order valence-corrected chi connectivity index (χ4v) is 5.24. The van der Waals surface area contributed by atoms with Crippen LogP contribution >= 0.6 is 0 Å². The molecule has 1 fully saturated rings. The highest BCUT2D eigenvalue weighted by atomic mass is 16.5. The minimum Gasteiger partial charge on any atom is -0.507 e. The number of rotatable bonds is 9.